The van der Waals surface area contributed by atoms with Gasteiger partial charge >= 0.3 is 0 Å². The molecule has 76 valence electrons. The highest BCUT2D eigenvalue weighted by molar-refractivity contribution is 8.39. The van der Waals surface area contributed by atoms with Gasteiger partial charge in [-0.05, 0) is 6.42 Å². The smallest absolute Gasteiger partial charge is 0.151 e. The van der Waals surface area contributed by atoms with E-state index in [9.17, 15) is 0 Å². The molecule has 0 unspecified atom stereocenters. The summed E-state index contributed by atoms with van der Waals surface area (Å²) in [7, 11) is 0. The quantitative estimate of drug-likeness (QED) is 0.693. The Kier molecular flexibility index (Phi) is 6.54. The summed E-state index contributed by atoms with van der Waals surface area (Å²) in [6.07, 6.45) is 6.84. The van der Waals surface area contributed by atoms with E-state index in [0.29, 0.717) is 0 Å². The van der Waals surface area contributed by atoms with E-state index in [4.69, 9.17) is 0 Å². The van der Waals surface area contributed by atoms with Crippen LogP contribution in [0, 0.1) is 0 Å². The molecule has 0 fully saturated rings. The Balaban J connectivity index is 1.83. The van der Waals surface area contributed by atoms with Gasteiger partial charge in [0, 0.05) is 5.75 Å². The number of nitrogens with zero attached hydrogens (tertiary/aromatic N) is 1. The number of unbranched alkanes of at least 4 members (excludes halogenated alkanes) is 4. The van der Waals surface area contributed by atoms with Gasteiger partial charge in [0.1, 0.15) is 0 Å². The summed E-state index contributed by atoms with van der Waals surface area (Å²) in [6.45, 7) is 2.25. The molecule has 0 saturated heterocycles. The van der Waals surface area contributed by atoms with Gasteiger partial charge in [0.25, 0.3) is 0 Å². The van der Waals surface area contributed by atoms with Crippen LogP contribution in [-0.2, 0) is 0 Å². The number of hydrogen-bond acceptors (Lipinski definition) is 4. The molecule has 1 aliphatic rings. The SMILES string of the molecule is CCCCCCCSC1=NNCS1. The first-order valence-corrected chi connectivity index (χ1v) is 6.96. The summed E-state index contributed by atoms with van der Waals surface area (Å²) < 4.78 is 1.22. The molecule has 1 aliphatic heterocycles. The number of nitrogens with one attached hydrogen (secondary N) is 1. The van der Waals surface area contributed by atoms with Crippen LogP contribution in [-0.4, -0.2) is 16.0 Å². The first kappa shape index (κ1) is 11.2. The largest absolute Gasteiger partial charge is 0.298 e. The van der Waals surface area contributed by atoms with E-state index in [1.807, 2.05) is 23.5 Å². The van der Waals surface area contributed by atoms with E-state index >= 15 is 0 Å². The van der Waals surface area contributed by atoms with Gasteiger partial charge in [0.15, 0.2) is 4.38 Å². The van der Waals surface area contributed by atoms with E-state index < -0.39 is 0 Å². The van der Waals surface area contributed by atoms with Gasteiger partial charge in [0.05, 0.1) is 5.88 Å². The van der Waals surface area contributed by atoms with Gasteiger partial charge in [-0.2, -0.15) is 5.10 Å². The predicted molar refractivity (Wildman–Crippen MR) is 64.2 cm³/mol. The van der Waals surface area contributed by atoms with E-state index in [0.717, 1.165) is 5.88 Å². The van der Waals surface area contributed by atoms with Crippen molar-refractivity contribution >= 4 is 27.9 Å². The first-order chi connectivity index (χ1) is 6.43. The van der Waals surface area contributed by atoms with Gasteiger partial charge in [-0.25, -0.2) is 0 Å². The second-order valence-electron chi connectivity index (χ2n) is 3.09. The van der Waals surface area contributed by atoms with Crippen molar-refractivity contribution in [3.8, 4) is 0 Å². The highest BCUT2D eigenvalue weighted by Gasteiger charge is 2.05. The van der Waals surface area contributed by atoms with Crippen molar-refractivity contribution in [3.05, 3.63) is 0 Å². The Bertz CT molecular complexity index is 160. The molecule has 0 aliphatic carbocycles. The van der Waals surface area contributed by atoms with E-state index in [1.165, 1.54) is 42.2 Å². The molecular weight excluding hydrogens is 200 g/mol. The minimum atomic E-state index is 0.957. The van der Waals surface area contributed by atoms with Crippen molar-refractivity contribution in [2.45, 2.75) is 39.0 Å². The molecule has 0 spiro atoms. The predicted octanol–water partition coefficient (Wildman–Crippen LogP) is 3.25. The molecule has 4 heteroatoms. The van der Waals surface area contributed by atoms with Gasteiger partial charge in [-0.15, -0.1) is 0 Å². The van der Waals surface area contributed by atoms with Gasteiger partial charge in [-0.1, -0.05) is 56.1 Å². The average Bonchev–Trinajstić information content (AvgIpc) is 2.63. The van der Waals surface area contributed by atoms with E-state index in [-0.39, 0.29) is 0 Å². The van der Waals surface area contributed by atoms with Crippen LogP contribution in [0.4, 0.5) is 0 Å². The first-order valence-electron chi connectivity index (χ1n) is 4.99. The Morgan fingerprint density at radius 1 is 1.38 bits per heavy atom. The Morgan fingerprint density at radius 3 is 2.92 bits per heavy atom. The number of hydrazone groups is 1. The number of thioether (sulfide) groups is 2. The van der Waals surface area contributed by atoms with E-state index in [2.05, 4.69) is 17.5 Å². The second-order valence-corrected chi connectivity index (χ2v) is 5.39. The maximum atomic E-state index is 4.16. The maximum Gasteiger partial charge on any atom is 0.151 e. The topological polar surface area (TPSA) is 24.4 Å². The minimum absolute atomic E-state index is 0.957. The zero-order valence-electron chi connectivity index (χ0n) is 8.21. The summed E-state index contributed by atoms with van der Waals surface area (Å²) in [5.74, 6) is 2.19. The summed E-state index contributed by atoms with van der Waals surface area (Å²) in [5, 5.41) is 4.16. The Morgan fingerprint density at radius 2 is 2.23 bits per heavy atom. The molecule has 2 nitrogen and oxygen atoms in total. The van der Waals surface area contributed by atoms with Gasteiger partial charge in [-0.3, -0.25) is 5.43 Å². The van der Waals surface area contributed by atoms with Crippen molar-refractivity contribution in [3.63, 3.8) is 0 Å². The number of hydrogen-bond donors (Lipinski definition) is 1. The van der Waals surface area contributed by atoms with Crippen molar-refractivity contribution < 1.29 is 0 Å². The van der Waals surface area contributed by atoms with Gasteiger partial charge < -0.3 is 0 Å². The fourth-order valence-electron chi connectivity index (χ4n) is 1.16. The standard InChI is InChI=1S/C9H18N2S2/c1-2-3-4-5-6-7-12-9-11-10-8-13-9/h10H,2-8H2,1H3. The van der Waals surface area contributed by atoms with Crippen LogP contribution >= 0.6 is 23.5 Å². The van der Waals surface area contributed by atoms with Crippen LogP contribution in [0.2, 0.25) is 0 Å². The highest BCUT2D eigenvalue weighted by atomic mass is 32.2. The Hall–Kier alpha value is 0.170. The molecular formula is C9H18N2S2. The molecule has 0 aromatic carbocycles. The fraction of sp³-hybridized carbons (Fsp3) is 0.889. The molecule has 0 aromatic rings. The molecule has 0 atom stereocenters. The maximum absolute atomic E-state index is 4.16. The van der Waals surface area contributed by atoms with Crippen LogP contribution in [0.5, 0.6) is 0 Å². The van der Waals surface area contributed by atoms with Crippen LogP contribution in [0.15, 0.2) is 5.10 Å². The van der Waals surface area contributed by atoms with Crippen LogP contribution in [0.25, 0.3) is 0 Å². The monoisotopic (exact) mass is 218 g/mol. The van der Waals surface area contributed by atoms with Crippen LogP contribution in [0.1, 0.15) is 39.0 Å². The highest BCUT2D eigenvalue weighted by Crippen LogP contribution is 2.21. The normalized spacial score (nSPS) is 15.6. The fourth-order valence-corrected chi connectivity index (χ4v) is 2.96. The zero-order valence-corrected chi connectivity index (χ0v) is 9.85. The van der Waals surface area contributed by atoms with E-state index in [1.54, 1.807) is 0 Å². The summed E-state index contributed by atoms with van der Waals surface area (Å²) >= 11 is 3.71. The molecule has 0 bridgehead atoms. The molecule has 1 heterocycles. The third-order valence-electron chi connectivity index (χ3n) is 1.90. The number of rotatable bonds is 6. The molecule has 13 heavy (non-hydrogen) atoms. The Labute approximate surface area is 89.3 Å². The second kappa shape index (κ2) is 7.56. The molecule has 0 saturated carbocycles. The summed E-state index contributed by atoms with van der Waals surface area (Å²) in [4.78, 5) is 0. The zero-order chi connectivity index (χ0) is 9.36. The third-order valence-corrected chi connectivity index (χ3v) is 4.05. The molecule has 1 N–H and O–H groups in total. The lowest BCUT2D eigenvalue weighted by atomic mass is 10.2. The lowest BCUT2D eigenvalue weighted by Gasteiger charge is -1.99. The molecule has 1 rings (SSSR count). The van der Waals surface area contributed by atoms with Crippen LogP contribution < -0.4 is 5.43 Å². The summed E-state index contributed by atoms with van der Waals surface area (Å²) in [6, 6.07) is 0. The third kappa shape index (κ3) is 5.47. The lowest BCUT2D eigenvalue weighted by molar-refractivity contribution is 0.660. The molecule has 0 radical (unpaired) electrons. The minimum Gasteiger partial charge on any atom is -0.298 e. The van der Waals surface area contributed by atoms with Crippen LogP contribution in [0.3, 0.4) is 0 Å². The van der Waals surface area contributed by atoms with Crippen molar-refractivity contribution in [1.29, 1.82) is 0 Å². The van der Waals surface area contributed by atoms with Gasteiger partial charge in [0.2, 0.25) is 0 Å². The summed E-state index contributed by atoms with van der Waals surface area (Å²) in [5.41, 5.74) is 2.96. The molecule has 0 aromatic heterocycles. The average molecular weight is 218 g/mol. The lowest BCUT2D eigenvalue weighted by Crippen LogP contribution is -1.93. The van der Waals surface area contributed by atoms with Crippen molar-refractivity contribution in [2.24, 2.45) is 5.10 Å². The van der Waals surface area contributed by atoms with Crippen molar-refractivity contribution in [2.75, 3.05) is 11.6 Å². The van der Waals surface area contributed by atoms with Crippen molar-refractivity contribution in [1.82, 2.24) is 5.43 Å². The molecule has 0 amide bonds.